The summed E-state index contributed by atoms with van der Waals surface area (Å²) in [5, 5.41) is 0.172. The molecule has 3 N–H and O–H groups in total. The molecule has 0 aliphatic carbocycles. The molecule has 1 rings (SSSR count). The molecule has 4 nitrogen and oxygen atoms in total. The standard InChI is InChI=1S/C10H13BrCl2N2O2S/c1-6(14)4-5-15-18(16,17)8-3-2-7(11)9(12)10(8)13/h2-3,6,15H,4-5,14H2,1H3. The predicted molar refractivity (Wildman–Crippen MR) is 77.6 cm³/mol. The highest BCUT2D eigenvalue weighted by Gasteiger charge is 2.20. The first-order valence-electron chi connectivity index (χ1n) is 5.14. The van der Waals surface area contributed by atoms with Gasteiger partial charge in [0.05, 0.1) is 10.0 Å². The summed E-state index contributed by atoms with van der Waals surface area (Å²) in [5.41, 5.74) is 5.55. The Balaban J connectivity index is 2.96. The zero-order valence-electron chi connectivity index (χ0n) is 9.58. The van der Waals surface area contributed by atoms with Gasteiger partial charge in [0, 0.05) is 17.1 Å². The van der Waals surface area contributed by atoms with Gasteiger partial charge in [-0.1, -0.05) is 23.2 Å². The van der Waals surface area contributed by atoms with Crippen molar-refractivity contribution in [1.82, 2.24) is 4.72 Å². The molecule has 1 unspecified atom stereocenters. The third-order valence-electron chi connectivity index (χ3n) is 2.18. The molecule has 102 valence electrons. The van der Waals surface area contributed by atoms with Crippen molar-refractivity contribution in [3.63, 3.8) is 0 Å². The van der Waals surface area contributed by atoms with Crippen molar-refractivity contribution in [3.05, 3.63) is 26.7 Å². The van der Waals surface area contributed by atoms with Crippen LogP contribution in [0.25, 0.3) is 0 Å². The molecular weight excluding hydrogens is 363 g/mol. The van der Waals surface area contributed by atoms with Gasteiger partial charge in [-0.05, 0) is 41.4 Å². The molecule has 1 aromatic carbocycles. The summed E-state index contributed by atoms with van der Waals surface area (Å²) in [7, 11) is -3.67. The molecule has 0 aliphatic rings. The predicted octanol–water partition coefficient (Wildman–Crippen LogP) is 2.77. The van der Waals surface area contributed by atoms with Crippen LogP contribution in [-0.4, -0.2) is 21.0 Å². The zero-order valence-corrected chi connectivity index (χ0v) is 13.5. The summed E-state index contributed by atoms with van der Waals surface area (Å²) in [6.07, 6.45) is 0.543. The van der Waals surface area contributed by atoms with E-state index >= 15 is 0 Å². The van der Waals surface area contributed by atoms with Crippen molar-refractivity contribution < 1.29 is 8.42 Å². The van der Waals surface area contributed by atoms with Crippen LogP contribution in [0, 0.1) is 0 Å². The highest BCUT2D eigenvalue weighted by atomic mass is 79.9. The van der Waals surface area contributed by atoms with Crippen LogP contribution >= 0.6 is 39.1 Å². The Kier molecular flexibility index (Phi) is 5.89. The lowest BCUT2D eigenvalue weighted by Gasteiger charge is -2.11. The Labute approximate surface area is 125 Å². The third-order valence-corrected chi connectivity index (χ3v) is 5.57. The molecule has 0 fully saturated rings. The molecule has 0 saturated carbocycles. The largest absolute Gasteiger partial charge is 0.328 e. The second-order valence-electron chi connectivity index (χ2n) is 3.84. The maximum Gasteiger partial charge on any atom is 0.242 e. The van der Waals surface area contributed by atoms with E-state index < -0.39 is 10.0 Å². The molecule has 0 saturated heterocycles. The normalized spacial score (nSPS) is 13.6. The van der Waals surface area contributed by atoms with Crippen LogP contribution in [0.15, 0.2) is 21.5 Å². The molecule has 0 spiro atoms. The first kappa shape index (κ1) is 16.2. The van der Waals surface area contributed by atoms with Gasteiger partial charge in [0.2, 0.25) is 10.0 Å². The second kappa shape index (κ2) is 6.54. The van der Waals surface area contributed by atoms with Gasteiger partial charge in [0.15, 0.2) is 0 Å². The monoisotopic (exact) mass is 374 g/mol. The van der Waals surface area contributed by atoms with Gasteiger partial charge < -0.3 is 5.73 Å². The highest BCUT2D eigenvalue weighted by molar-refractivity contribution is 9.10. The molecule has 0 radical (unpaired) electrons. The molecule has 0 heterocycles. The minimum Gasteiger partial charge on any atom is -0.328 e. The van der Waals surface area contributed by atoms with E-state index in [0.29, 0.717) is 10.9 Å². The van der Waals surface area contributed by atoms with Crippen molar-refractivity contribution in [1.29, 1.82) is 0 Å². The zero-order chi connectivity index (χ0) is 13.9. The lowest BCUT2D eigenvalue weighted by Crippen LogP contribution is -2.29. The number of nitrogens with two attached hydrogens (primary N) is 1. The molecule has 8 heteroatoms. The number of halogens is 3. The van der Waals surface area contributed by atoms with E-state index in [0.717, 1.165) is 0 Å². The fraction of sp³-hybridized carbons (Fsp3) is 0.400. The molecule has 0 amide bonds. The van der Waals surface area contributed by atoms with Crippen molar-refractivity contribution in [2.24, 2.45) is 5.73 Å². The Hall–Kier alpha value is 0.150. The number of sulfonamides is 1. The molecule has 0 bridgehead atoms. The maximum atomic E-state index is 12.0. The fourth-order valence-electron chi connectivity index (χ4n) is 1.21. The summed E-state index contributed by atoms with van der Waals surface area (Å²) in [6.45, 7) is 2.06. The quantitative estimate of drug-likeness (QED) is 0.777. The van der Waals surface area contributed by atoms with Gasteiger partial charge in [-0.25, -0.2) is 13.1 Å². The smallest absolute Gasteiger partial charge is 0.242 e. The van der Waals surface area contributed by atoms with Crippen molar-refractivity contribution in [2.45, 2.75) is 24.3 Å². The van der Waals surface area contributed by atoms with Gasteiger partial charge in [-0.15, -0.1) is 0 Å². The van der Waals surface area contributed by atoms with Crippen molar-refractivity contribution >= 4 is 49.2 Å². The van der Waals surface area contributed by atoms with E-state index in [4.69, 9.17) is 28.9 Å². The van der Waals surface area contributed by atoms with Crippen LogP contribution < -0.4 is 10.5 Å². The number of hydrogen-bond donors (Lipinski definition) is 2. The van der Waals surface area contributed by atoms with Crippen LogP contribution in [0.4, 0.5) is 0 Å². The lowest BCUT2D eigenvalue weighted by atomic mass is 10.3. The molecule has 1 atom stereocenters. The van der Waals surface area contributed by atoms with E-state index in [1.807, 2.05) is 0 Å². The number of nitrogens with one attached hydrogen (secondary N) is 1. The molecule has 1 aromatic rings. The van der Waals surface area contributed by atoms with Crippen molar-refractivity contribution in [2.75, 3.05) is 6.54 Å². The van der Waals surface area contributed by atoms with Crippen LogP contribution in [-0.2, 0) is 10.0 Å². The number of hydrogen-bond acceptors (Lipinski definition) is 3. The van der Waals surface area contributed by atoms with E-state index in [1.54, 1.807) is 6.92 Å². The van der Waals surface area contributed by atoms with Gasteiger partial charge in [0.1, 0.15) is 4.90 Å². The van der Waals surface area contributed by atoms with E-state index in [1.165, 1.54) is 12.1 Å². The van der Waals surface area contributed by atoms with E-state index in [2.05, 4.69) is 20.7 Å². The maximum absolute atomic E-state index is 12.0. The third kappa shape index (κ3) is 4.08. The van der Waals surface area contributed by atoms with Crippen LogP contribution in [0.1, 0.15) is 13.3 Å². The Bertz CT molecular complexity index is 535. The fourth-order valence-corrected chi connectivity index (χ4v) is 3.48. The summed E-state index contributed by atoms with van der Waals surface area (Å²) < 4.78 is 26.9. The average molecular weight is 376 g/mol. The number of benzene rings is 1. The second-order valence-corrected chi connectivity index (χ2v) is 7.18. The van der Waals surface area contributed by atoms with Crippen LogP contribution in [0.5, 0.6) is 0 Å². The summed E-state index contributed by atoms with van der Waals surface area (Å²) >= 11 is 15.0. The summed E-state index contributed by atoms with van der Waals surface area (Å²) in [4.78, 5) is -0.0398. The first-order chi connectivity index (χ1) is 8.25. The van der Waals surface area contributed by atoms with Crippen LogP contribution in [0.2, 0.25) is 10.0 Å². The highest BCUT2D eigenvalue weighted by Crippen LogP contribution is 2.34. The summed E-state index contributed by atoms with van der Waals surface area (Å²) in [6, 6.07) is 2.86. The lowest BCUT2D eigenvalue weighted by molar-refractivity contribution is 0.572. The minimum atomic E-state index is -3.67. The molecular formula is C10H13BrCl2N2O2S. The SMILES string of the molecule is CC(N)CCNS(=O)(=O)c1ccc(Br)c(Cl)c1Cl. The van der Waals surface area contributed by atoms with Gasteiger partial charge >= 0.3 is 0 Å². The average Bonchev–Trinajstić information content (AvgIpc) is 2.24. The topological polar surface area (TPSA) is 72.2 Å². The summed E-state index contributed by atoms with van der Waals surface area (Å²) in [5.74, 6) is 0. The minimum absolute atomic E-state index is 0.000612. The van der Waals surface area contributed by atoms with E-state index in [-0.39, 0.29) is 27.5 Å². The van der Waals surface area contributed by atoms with Gasteiger partial charge in [0.25, 0.3) is 0 Å². The molecule has 0 aliphatic heterocycles. The first-order valence-corrected chi connectivity index (χ1v) is 8.17. The van der Waals surface area contributed by atoms with Gasteiger partial charge in [-0.2, -0.15) is 0 Å². The Morgan fingerprint density at radius 2 is 2.00 bits per heavy atom. The Morgan fingerprint density at radius 3 is 2.56 bits per heavy atom. The van der Waals surface area contributed by atoms with Crippen molar-refractivity contribution in [3.8, 4) is 0 Å². The van der Waals surface area contributed by atoms with Gasteiger partial charge in [-0.3, -0.25) is 0 Å². The van der Waals surface area contributed by atoms with E-state index in [9.17, 15) is 8.42 Å². The number of rotatable bonds is 5. The molecule has 18 heavy (non-hydrogen) atoms. The molecule has 0 aromatic heterocycles. The Morgan fingerprint density at radius 1 is 1.39 bits per heavy atom. The van der Waals surface area contributed by atoms with Crippen LogP contribution in [0.3, 0.4) is 0 Å².